The van der Waals surface area contributed by atoms with Crippen LogP contribution in [0.4, 0.5) is 13.2 Å². The van der Waals surface area contributed by atoms with Crippen LogP contribution in [0, 0.1) is 11.6 Å². The molecule has 0 radical (unpaired) electrons. The van der Waals surface area contributed by atoms with Crippen LogP contribution in [0.1, 0.15) is 24.8 Å². The molecular formula is C13H16F3N. The fourth-order valence-electron chi connectivity index (χ4n) is 2.28. The molecule has 1 aromatic carbocycles. The molecule has 1 aliphatic heterocycles. The predicted octanol–water partition coefficient (Wildman–Crippen LogP) is 2.99. The second-order valence-electron chi connectivity index (χ2n) is 4.68. The highest BCUT2D eigenvalue weighted by Crippen LogP contribution is 2.29. The van der Waals surface area contributed by atoms with E-state index in [4.69, 9.17) is 0 Å². The summed E-state index contributed by atoms with van der Waals surface area (Å²) in [7, 11) is 0. The van der Waals surface area contributed by atoms with Crippen LogP contribution in [0.2, 0.25) is 0 Å². The molecule has 0 saturated carbocycles. The van der Waals surface area contributed by atoms with Gasteiger partial charge in [-0.15, -0.1) is 0 Å². The number of rotatable bonds is 2. The highest BCUT2D eigenvalue weighted by molar-refractivity contribution is 5.20. The molecule has 1 N–H and O–H groups in total. The lowest BCUT2D eigenvalue weighted by Crippen LogP contribution is -2.27. The summed E-state index contributed by atoms with van der Waals surface area (Å²) in [5.74, 6) is -1.79. The molecule has 1 unspecified atom stereocenters. The minimum Gasteiger partial charge on any atom is -0.317 e. The number of hydrogen-bond acceptors (Lipinski definition) is 1. The Balaban J connectivity index is 2.10. The van der Waals surface area contributed by atoms with Crippen molar-refractivity contribution >= 4 is 0 Å². The molecule has 0 amide bonds. The zero-order valence-electron chi connectivity index (χ0n) is 9.61. The topological polar surface area (TPSA) is 12.0 Å². The highest BCUT2D eigenvalue weighted by atomic mass is 19.2. The maximum absolute atomic E-state index is 14.5. The lowest BCUT2D eigenvalue weighted by Gasteiger charge is -2.23. The van der Waals surface area contributed by atoms with Crippen LogP contribution in [0.3, 0.4) is 0 Å². The summed E-state index contributed by atoms with van der Waals surface area (Å²) in [4.78, 5) is 0. The van der Waals surface area contributed by atoms with Crippen molar-refractivity contribution in [1.82, 2.24) is 5.32 Å². The molecule has 0 spiro atoms. The van der Waals surface area contributed by atoms with Crippen molar-refractivity contribution in [3.8, 4) is 0 Å². The first-order valence-electron chi connectivity index (χ1n) is 5.93. The molecule has 94 valence electrons. The van der Waals surface area contributed by atoms with Gasteiger partial charge in [0.05, 0.1) is 0 Å². The lowest BCUT2D eigenvalue weighted by molar-refractivity contribution is 0.144. The summed E-state index contributed by atoms with van der Waals surface area (Å²) in [6.45, 7) is 1.46. The first kappa shape index (κ1) is 12.4. The average Bonchev–Trinajstić information content (AvgIpc) is 2.49. The predicted molar refractivity (Wildman–Crippen MR) is 60.6 cm³/mol. The Labute approximate surface area is 99.0 Å². The summed E-state index contributed by atoms with van der Waals surface area (Å²) >= 11 is 0. The van der Waals surface area contributed by atoms with Crippen molar-refractivity contribution in [1.29, 1.82) is 0 Å². The average molecular weight is 243 g/mol. The molecule has 1 aliphatic rings. The van der Waals surface area contributed by atoms with Gasteiger partial charge in [-0.2, -0.15) is 0 Å². The van der Waals surface area contributed by atoms with Gasteiger partial charge < -0.3 is 5.32 Å². The van der Waals surface area contributed by atoms with E-state index in [1.54, 1.807) is 0 Å². The Morgan fingerprint density at radius 3 is 2.71 bits per heavy atom. The van der Waals surface area contributed by atoms with E-state index < -0.39 is 17.3 Å². The van der Waals surface area contributed by atoms with E-state index in [0.29, 0.717) is 24.9 Å². The van der Waals surface area contributed by atoms with E-state index in [1.807, 2.05) is 0 Å². The maximum atomic E-state index is 14.5. The maximum Gasteiger partial charge on any atom is 0.159 e. The zero-order chi connectivity index (χ0) is 12.3. The van der Waals surface area contributed by atoms with Crippen molar-refractivity contribution in [3.05, 3.63) is 35.4 Å². The van der Waals surface area contributed by atoms with Gasteiger partial charge in [0.15, 0.2) is 11.6 Å². The standard InChI is InChI=1S/C13H16F3N/c14-11-3-2-10(8-12(11)15)9-13(16)4-1-6-17-7-5-13/h2-3,8,17H,1,4-7,9H2. The third kappa shape index (κ3) is 3.22. The van der Waals surface area contributed by atoms with Crippen molar-refractivity contribution in [2.75, 3.05) is 13.1 Å². The van der Waals surface area contributed by atoms with E-state index >= 15 is 0 Å². The van der Waals surface area contributed by atoms with Crippen LogP contribution >= 0.6 is 0 Å². The molecule has 1 fully saturated rings. The molecule has 1 atom stereocenters. The van der Waals surface area contributed by atoms with E-state index in [9.17, 15) is 13.2 Å². The van der Waals surface area contributed by atoms with Crippen LogP contribution in [0.25, 0.3) is 0 Å². The molecular weight excluding hydrogens is 227 g/mol. The molecule has 2 rings (SSSR count). The van der Waals surface area contributed by atoms with Gasteiger partial charge in [0.2, 0.25) is 0 Å². The number of halogens is 3. The fourth-order valence-corrected chi connectivity index (χ4v) is 2.28. The summed E-state index contributed by atoms with van der Waals surface area (Å²) in [6, 6.07) is 3.61. The second kappa shape index (κ2) is 5.08. The first-order chi connectivity index (χ1) is 8.09. The van der Waals surface area contributed by atoms with Crippen LogP contribution < -0.4 is 5.32 Å². The Hall–Kier alpha value is -1.03. The largest absolute Gasteiger partial charge is 0.317 e. The fraction of sp³-hybridized carbons (Fsp3) is 0.538. The molecule has 1 aromatic rings. The first-order valence-corrected chi connectivity index (χ1v) is 5.93. The highest BCUT2D eigenvalue weighted by Gasteiger charge is 2.30. The Bertz CT molecular complexity index is 384. The third-order valence-electron chi connectivity index (χ3n) is 3.23. The number of nitrogens with one attached hydrogen (secondary N) is 1. The van der Waals surface area contributed by atoms with E-state index in [1.165, 1.54) is 6.07 Å². The van der Waals surface area contributed by atoms with Gasteiger partial charge in [-0.3, -0.25) is 0 Å². The zero-order valence-corrected chi connectivity index (χ0v) is 9.61. The Morgan fingerprint density at radius 2 is 1.94 bits per heavy atom. The van der Waals surface area contributed by atoms with Gasteiger partial charge in [-0.25, -0.2) is 13.2 Å². The molecule has 0 aromatic heterocycles. The normalized spacial score (nSPS) is 25.6. The molecule has 17 heavy (non-hydrogen) atoms. The summed E-state index contributed by atoms with van der Waals surface area (Å²) < 4.78 is 40.3. The molecule has 0 aliphatic carbocycles. The van der Waals surface area contributed by atoms with Gasteiger partial charge in [0.1, 0.15) is 5.67 Å². The SMILES string of the molecule is Fc1ccc(CC2(F)CCCNCC2)cc1F. The van der Waals surface area contributed by atoms with Crippen LogP contribution in [0.5, 0.6) is 0 Å². The van der Waals surface area contributed by atoms with Crippen LogP contribution in [0.15, 0.2) is 18.2 Å². The smallest absolute Gasteiger partial charge is 0.159 e. The molecule has 1 heterocycles. The minimum atomic E-state index is -1.30. The van der Waals surface area contributed by atoms with Gasteiger partial charge in [0, 0.05) is 6.42 Å². The van der Waals surface area contributed by atoms with Crippen molar-refractivity contribution in [2.45, 2.75) is 31.4 Å². The van der Waals surface area contributed by atoms with E-state index in [-0.39, 0.29) is 6.42 Å². The quantitative estimate of drug-likeness (QED) is 0.842. The Kier molecular flexibility index (Phi) is 3.72. The molecule has 4 heteroatoms. The van der Waals surface area contributed by atoms with Gasteiger partial charge in [-0.1, -0.05) is 6.07 Å². The molecule has 0 bridgehead atoms. The monoisotopic (exact) mass is 243 g/mol. The number of alkyl halides is 1. The summed E-state index contributed by atoms with van der Waals surface area (Å²) in [5.41, 5.74) is -0.776. The summed E-state index contributed by atoms with van der Waals surface area (Å²) in [5, 5.41) is 3.13. The van der Waals surface area contributed by atoms with Crippen LogP contribution in [-0.4, -0.2) is 18.8 Å². The van der Waals surface area contributed by atoms with Crippen molar-refractivity contribution in [3.63, 3.8) is 0 Å². The van der Waals surface area contributed by atoms with E-state index in [0.717, 1.165) is 25.1 Å². The van der Waals surface area contributed by atoms with E-state index in [2.05, 4.69) is 5.32 Å². The number of hydrogen-bond donors (Lipinski definition) is 1. The minimum absolute atomic E-state index is 0.159. The molecule has 1 saturated heterocycles. The van der Waals surface area contributed by atoms with Crippen LogP contribution in [-0.2, 0) is 6.42 Å². The van der Waals surface area contributed by atoms with Gasteiger partial charge >= 0.3 is 0 Å². The summed E-state index contributed by atoms with van der Waals surface area (Å²) in [6.07, 6.45) is 1.83. The van der Waals surface area contributed by atoms with Crippen molar-refractivity contribution in [2.24, 2.45) is 0 Å². The number of benzene rings is 1. The van der Waals surface area contributed by atoms with Gasteiger partial charge in [-0.05, 0) is 50.0 Å². The van der Waals surface area contributed by atoms with Crippen molar-refractivity contribution < 1.29 is 13.2 Å². The lowest BCUT2D eigenvalue weighted by atomic mass is 9.89. The Morgan fingerprint density at radius 1 is 1.12 bits per heavy atom. The molecule has 1 nitrogen and oxygen atoms in total. The van der Waals surface area contributed by atoms with Gasteiger partial charge in [0.25, 0.3) is 0 Å². The second-order valence-corrected chi connectivity index (χ2v) is 4.68. The third-order valence-corrected chi connectivity index (χ3v) is 3.23.